The molecule has 1 fully saturated rings. The van der Waals surface area contributed by atoms with Crippen molar-refractivity contribution >= 4 is 11.9 Å². The fraction of sp³-hybridized carbons (Fsp3) is 0.312. The summed E-state index contributed by atoms with van der Waals surface area (Å²) in [6.07, 6.45) is 0.704. The van der Waals surface area contributed by atoms with Gasteiger partial charge in [0.2, 0.25) is 5.89 Å². The number of rotatable bonds is 4. The molecule has 1 aromatic carbocycles. The maximum absolute atomic E-state index is 12.5. The molecular weight excluding hydrogens is 300 g/mol. The second-order valence-electron chi connectivity index (χ2n) is 5.25. The van der Waals surface area contributed by atoms with Crippen LogP contribution in [0.15, 0.2) is 41.0 Å². The van der Waals surface area contributed by atoms with Crippen molar-refractivity contribution in [3.05, 3.63) is 42.3 Å². The number of carboxylic acid groups (broad SMARTS) is 1. The highest BCUT2D eigenvalue weighted by atomic mass is 16.5. The van der Waals surface area contributed by atoms with E-state index in [0.29, 0.717) is 19.0 Å². The molecule has 23 heavy (non-hydrogen) atoms. The number of aliphatic carboxylic acids is 1. The third-order valence-corrected chi connectivity index (χ3v) is 3.57. The van der Waals surface area contributed by atoms with Gasteiger partial charge in [0, 0.05) is 18.7 Å². The molecule has 0 aliphatic carbocycles. The largest absolute Gasteiger partial charge is 0.481 e. The number of nitrogens with zero attached hydrogens (tertiary/aromatic N) is 2. The summed E-state index contributed by atoms with van der Waals surface area (Å²) in [5.41, 5.74) is 0.997. The minimum atomic E-state index is -0.947. The van der Waals surface area contributed by atoms with Gasteiger partial charge in [-0.25, -0.2) is 4.98 Å². The molecule has 1 N–H and O–H groups in total. The molecule has 0 radical (unpaired) electrons. The van der Waals surface area contributed by atoms with Crippen LogP contribution >= 0.6 is 0 Å². The number of amides is 1. The number of carbonyl (C=O) groups is 2. The Bertz CT molecular complexity index is 698. The highest BCUT2D eigenvalue weighted by Crippen LogP contribution is 2.19. The Kier molecular flexibility index (Phi) is 4.38. The molecule has 3 rings (SSSR count). The van der Waals surface area contributed by atoms with E-state index in [-0.39, 0.29) is 24.6 Å². The third-order valence-electron chi connectivity index (χ3n) is 3.57. The highest BCUT2D eigenvalue weighted by Gasteiger charge is 2.28. The van der Waals surface area contributed by atoms with E-state index in [1.54, 1.807) is 4.90 Å². The van der Waals surface area contributed by atoms with E-state index >= 15 is 0 Å². The summed E-state index contributed by atoms with van der Waals surface area (Å²) >= 11 is 0. The fourth-order valence-corrected chi connectivity index (χ4v) is 2.47. The molecule has 2 aromatic rings. The van der Waals surface area contributed by atoms with Crippen LogP contribution in [0, 0.1) is 0 Å². The summed E-state index contributed by atoms with van der Waals surface area (Å²) in [6.45, 7) is 0.953. The molecule has 1 aliphatic rings. The van der Waals surface area contributed by atoms with Crippen LogP contribution < -0.4 is 0 Å². The first-order valence-electron chi connectivity index (χ1n) is 7.27. The number of aromatic nitrogens is 1. The van der Waals surface area contributed by atoms with E-state index in [4.69, 9.17) is 14.3 Å². The van der Waals surface area contributed by atoms with Crippen LogP contribution in [-0.2, 0) is 9.53 Å². The van der Waals surface area contributed by atoms with Crippen LogP contribution in [-0.4, -0.2) is 52.7 Å². The molecule has 1 unspecified atom stereocenters. The predicted molar refractivity (Wildman–Crippen MR) is 79.8 cm³/mol. The van der Waals surface area contributed by atoms with E-state index in [9.17, 15) is 9.59 Å². The Balaban J connectivity index is 1.71. The summed E-state index contributed by atoms with van der Waals surface area (Å²) in [6, 6.07) is 9.29. The number of hydrogen-bond donors (Lipinski definition) is 1. The first-order chi connectivity index (χ1) is 11.1. The van der Waals surface area contributed by atoms with E-state index < -0.39 is 12.1 Å². The maximum atomic E-state index is 12.5. The zero-order valence-corrected chi connectivity index (χ0v) is 12.3. The van der Waals surface area contributed by atoms with Gasteiger partial charge in [0.15, 0.2) is 5.69 Å². The van der Waals surface area contributed by atoms with Gasteiger partial charge in [0.05, 0.1) is 19.1 Å². The second-order valence-corrected chi connectivity index (χ2v) is 5.25. The minimum Gasteiger partial charge on any atom is -0.481 e. The van der Waals surface area contributed by atoms with E-state index in [2.05, 4.69) is 4.98 Å². The van der Waals surface area contributed by atoms with Gasteiger partial charge in [0.1, 0.15) is 6.26 Å². The van der Waals surface area contributed by atoms with Crippen LogP contribution in [0.2, 0.25) is 0 Å². The lowest BCUT2D eigenvalue weighted by molar-refractivity contribution is -0.141. The topological polar surface area (TPSA) is 92.9 Å². The van der Waals surface area contributed by atoms with Gasteiger partial charge in [-0.2, -0.15) is 0 Å². The van der Waals surface area contributed by atoms with Gasteiger partial charge in [-0.1, -0.05) is 18.2 Å². The number of benzene rings is 1. The van der Waals surface area contributed by atoms with Crippen molar-refractivity contribution in [2.45, 2.75) is 12.5 Å². The van der Waals surface area contributed by atoms with Crippen LogP contribution in [0.25, 0.3) is 11.5 Å². The molecular formula is C16H16N2O5. The van der Waals surface area contributed by atoms with Gasteiger partial charge in [-0.3, -0.25) is 9.59 Å². The quantitative estimate of drug-likeness (QED) is 0.922. The monoisotopic (exact) mass is 316 g/mol. The van der Waals surface area contributed by atoms with Crippen molar-refractivity contribution in [2.75, 3.05) is 19.7 Å². The summed E-state index contributed by atoms with van der Waals surface area (Å²) in [5.74, 6) is -0.851. The molecule has 1 aromatic heterocycles. The fourth-order valence-electron chi connectivity index (χ4n) is 2.47. The highest BCUT2D eigenvalue weighted by molar-refractivity contribution is 5.92. The van der Waals surface area contributed by atoms with Crippen molar-refractivity contribution in [2.24, 2.45) is 0 Å². The second kappa shape index (κ2) is 6.62. The molecule has 0 spiro atoms. The molecule has 7 nitrogen and oxygen atoms in total. The normalized spacial score (nSPS) is 17.9. The summed E-state index contributed by atoms with van der Waals surface area (Å²) in [7, 11) is 0. The van der Waals surface area contributed by atoms with E-state index in [1.807, 2.05) is 30.3 Å². The number of hydrogen-bond acceptors (Lipinski definition) is 5. The van der Waals surface area contributed by atoms with Crippen molar-refractivity contribution in [1.82, 2.24) is 9.88 Å². The molecule has 1 amide bonds. The van der Waals surface area contributed by atoms with E-state index in [1.165, 1.54) is 6.26 Å². The Morgan fingerprint density at radius 3 is 2.83 bits per heavy atom. The molecule has 0 bridgehead atoms. The lowest BCUT2D eigenvalue weighted by Gasteiger charge is -2.31. The Hall–Kier alpha value is -2.67. The smallest absolute Gasteiger partial charge is 0.306 e. The van der Waals surface area contributed by atoms with Crippen molar-refractivity contribution in [1.29, 1.82) is 0 Å². The third kappa shape index (κ3) is 3.57. The van der Waals surface area contributed by atoms with Crippen molar-refractivity contribution < 1.29 is 23.8 Å². The van der Waals surface area contributed by atoms with Gasteiger partial charge in [0.25, 0.3) is 5.91 Å². The lowest BCUT2D eigenvalue weighted by atomic mass is 10.2. The number of morpholine rings is 1. The van der Waals surface area contributed by atoms with Crippen LogP contribution in [0.1, 0.15) is 16.9 Å². The summed E-state index contributed by atoms with van der Waals surface area (Å²) < 4.78 is 10.7. The Labute approximate surface area is 132 Å². The summed E-state index contributed by atoms with van der Waals surface area (Å²) in [4.78, 5) is 29.0. The molecule has 2 heterocycles. The Morgan fingerprint density at radius 2 is 2.09 bits per heavy atom. The summed E-state index contributed by atoms with van der Waals surface area (Å²) in [5, 5.41) is 8.83. The number of oxazole rings is 1. The van der Waals surface area contributed by atoms with Gasteiger partial charge < -0.3 is 19.2 Å². The average Bonchev–Trinajstić information content (AvgIpc) is 3.04. The van der Waals surface area contributed by atoms with Gasteiger partial charge >= 0.3 is 5.97 Å². The van der Waals surface area contributed by atoms with Crippen LogP contribution in [0.4, 0.5) is 0 Å². The minimum absolute atomic E-state index is 0.127. The predicted octanol–water partition coefficient (Wildman–Crippen LogP) is 1.66. The maximum Gasteiger partial charge on any atom is 0.306 e. The lowest BCUT2D eigenvalue weighted by Crippen LogP contribution is -2.46. The number of carboxylic acids is 1. The van der Waals surface area contributed by atoms with Crippen molar-refractivity contribution in [3.8, 4) is 11.5 Å². The zero-order chi connectivity index (χ0) is 16.2. The Morgan fingerprint density at radius 1 is 1.30 bits per heavy atom. The average molecular weight is 316 g/mol. The van der Waals surface area contributed by atoms with Crippen molar-refractivity contribution in [3.63, 3.8) is 0 Å². The molecule has 1 saturated heterocycles. The molecule has 120 valence electrons. The van der Waals surface area contributed by atoms with Crippen LogP contribution in [0.5, 0.6) is 0 Å². The standard InChI is InChI=1S/C16H16N2O5/c19-14(20)8-12-9-18(6-7-22-12)16(21)13-10-23-15(17-13)11-4-2-1-3-5-11/h1-5,10,12H,6-9H2,(H,19,20). The van der Waals surface area contributed by atoms with Crippen LogP contribution in [0.3, 0.4) is 0 Å². The molecule has 0 saturated carbocycles. The number of ether oxygens (including phenoxy) is 1. The SMILES string of the molecule is O=C(O)CC1CN(C(=O)c2coc(-c3ccccc3)n2)CCO1. The van der Waals surface area contributed by atoms with Gasteiger partial charge in [-0.15, -0.1) is 0 Å². The molecule has 7 heteroatoms. The zero-order valence-electron chi connectivity index (χ0n) is 12.3. The molecule has 1 aliphatic heterocycles. The van der Waals surface area contributed by atoms with E-state index in [0.717, 1.165) is 5.56 Å². The first kappa shape index (κ1) is 15.2. The number of carbonyl (C=O) groups excluding carboxylic acids is 1. The first-order valence-corrected chi connectivity index (χ1v) is 7.27. The van der Waals surface area contributed by atoms with Gasteiger partial charge in [-0.05, 0) is 12.1 Å². The molecule has 1 atom stereocenters.